The van der Waals surface area contributed by atoms with Gasteiger partial charge in [0.25, 0.3) is 0 Å². The number of thioether (sulfide) groups is 1. The second kappa shape index (κ2) is 5.78. The van der Waals surface area contributed by atoms with Gasteiger partial charge >= 0.3 is 0 Å². The number of halogens is 1. The molecule has 0 saturated carbocycles. The lowest BCUT2D eigenvalue weighted by molar-refractivity contribution is 0.510. The van der Waals surface area contributed by atoms with Crippen molar-refractivity contribution in [1.29, 1.82) is 0 Å². The highest BCUT2D eigenvalue weighted by molar-refractivity contribution is 9.11. The van der Waals surface area contributed by atoms with Crippen molar-refractivity contribution in [3.63, 3.8) is 0 Å². The van der Waals surface area contributed by atoms with Crippen LogP contribution in [0.15, 0.2) is 44.4 Å². The number of benzene rings is 1. The number of nitrogens with one attached hydrogen (secondary N) is 1. The van der Waals surface area contributed by atoms with Crippen molar-refractivity contribution in [2.75, 3.05) is 5.75 Å². The van der Waals surface area contributed by atoms with Crippen LogP contribution in [0.5, 0.6) is 0 Å². The molecule has 1 unspecified atom stereocenters. The van der Waals surface area contributed by atoms with E-state index in [9.17, 15) is 0 Å². The molecule has 1 aromatic heterocycles. The van der Waals surface area contributed by atoms with Crippen LogP contribution in [0.1, 0.15) is 23.6 Å². The summed E-state index contributed by atoms with van der Waals surface area (Å²) in [6.07, 6.45) is 1.22. The topological polar surface area (TPSA) is 12.0 Å². The fraction of sp³-hybridized carbons (Fsp3) is 0.286. The van der Waals surface area contributed by atoms with Crippen LogP contribution in [0.25, 0.3) is 0 Å². The molecule has 0 bridgehead atoms. The van der Waals surface area contributed by atoms with Gasteiger partial charge in [-0.15, -0.1) is 23.1 Å². The monoisotopic (exact) mass is 339 g/mol. The van der Waals surface area contributed by atoms with Crippen molar-refractivity contribution in [2.24, 2.45) is 0 Å². The summed E-state index contributed by atoms with van der Waals surface area (Å²) >= 11 is 7.23. The highest BCUT2D eigenvalue weighted by Crippen LogP contribution is 2.36. The molecule has 1 atom stereocenters. The number of fused-ring (bicyclic) bond motifs is 1. The molecule has 1 aliphatic rings. The van der Waals surface area contributed by atoms with Crippen molar-refractivity contribution in [1.82, 2.24) is 5.32 Å². The van der Waals surface area contributed by atoms with Crippen LogP contribution in [-0.2, 0) is 6.54 Å². The average Bonchev–Trinajstić information content (AvgIpc) is 2.82. The molecular weight excluding hydrogens is 326 g/mol. The molecule has 3 rings (SSSR count). The van der Waals surface area contributed by atoms with E-state index in [-0.39, 0.29) is 0 Å². The van der Waals surface area contributed by atoms with Crippen LogP contribution in [0.2, 0.25) is 0 Å². The summed E-state index contributed by atoms with van der Waals surface area (Å²) in [6.45, 7) is 0.950. The molecule has 0 aliphatic carbocycles. The Morgan fingerprint density at radius 1 is 1.33 bits per heavy atom. The highest BCUT2D eigenvalue weighted by atomic mass is 79.9. The minimum absolute atomic E-state index is 0.501. The van der Waals surface area contributed by atoms with Gasteiger partial charge in [-0.05, 0) is 56.7 Å². The summed E-state index contributed by atoms with van der Waals surface area (Å²) < 4.78 is 1.21. The summed E-state index contributed by atoms with van der Waals surface area (Å²) in [5, 5.41) is 5.89. The Labute approximate surface area is 124 Å². The van der Waals surface area contributed by atoms with E-state index in [0.29, 0.717) is 6.04 Å². The lowest BCUT2D eigenvalue weighted by Crippen LogP contribution is -2.23. The van der Waals surface area contributed by atoms with Gasteiger partial charge in [0.05, 0.1) is 3.79 Å². The first-order chi connectivity index (χ1) is 8.83. The van der Waals surface area contributed by atoms with E-state index >= 15 is 0 Å². The smallest absolute Gasteiger partial charge is 0.0701 e. The molecular formula is C14H14BrNS2. The lowest BCUT2D eigenvalue weighted by Gasteiger charge is -2.25. The highest BCUT2D eigenvalue weighted by Gasteiger charge is 2.19. The van der Waals surface area contributed by atoms with Gasteiger partial charge in [-0.2, -0.15) is 0 Å². The largest absolute Gasteiger partial charge is 0.306 e. The molecule has 0 spiro atoms. The van der Waals surface area contributed by atoms with Crippen molar-refractivity contribution in [3.05, 3.63) is 50.6 Å². The van der Waals surface area contributed by atoms with Gasteiger partial charge in [0.1, 0.15) is 0 Å². The zero-order valence-electron chi connectivity index (χ0n) is 9.86. The Balaban J connectivity index is 1.71. The van der Waals surface area contributed by atoms with Crippen LogP contribution in [0.3, 0.4) is 0 Å². The minimum Gasteiger partial charge on any atom is -0.306 e. The normalized spacial score (nSPS) is 18.6. The minimum atomic E-state index is 0.501. The maximum Gasteiger partial charge on any atom is 0.0701 e. The Bertz CT molecular complexity index is 538. The lowest BCUT2D eigenvalue weighted by atomic mass is 10.0. The van der Waals surface area contributed by atoms with E-state index in [4.69, 9.17) is 0 Å². The predicted molar refractivity (Wildman–Crippen MR) is 83.4 cm³/mol. The summed E-state index contributed by atoms with van der Waals surface area (Å²) in [4.78, 5) is 1.44. The van der Waals surface area contributed by atoms with E-state index in [0.717, 1.165) is 6.54 Å². The van der Waals surface area contributed by atoms with Gasteiger partial charge < -0.3 is 5.32 Å². The average molecular weight is 340 g/mol. The molecule has 1 aromatic carbocycles. The summed E-state index contributed by atoms with van der Waals surface area (Å²) in [7, 11) is 0. The summed E-state index contributed by atoms with van der Waals surface area (Å²) in [5.74, 6) is 1.21. The second-order valence-corrected chi connectivity index (χ2v) is 7.79. The fourth-order valence-electron chi connectivity index (χ4n) is 2.23. The van der Waals surface area contributed by atoms with Gasteiger partial charge in [0, 0.05) is 17.5 Å². The molecule has 94 valence electrons. The quantitative estimate of drug-likeness (QED) is 0.858. The molecule has 0 fully saturated rings. The Morgan fingerprint density at radius 3 is 3.06 bits per heavy atom. The van der Waals surface area contributed by atoms with Crippen LogP contribution in [0, 0.1) is 0 Å². The van der Waals surface area contributed by atoms with Gasteiger partial charge in [0.15, 0.2) is 0 Å². The first-order valence-corrected chi connectivity index (χ1v) is 8.67. The molecule has 18 heavy (non-hydrogen) atoms. The zero-order chi connectivity index (χ0) is 12.4. The standard InChI is InChI=1S/C14H14BrNS2/c15-14-7-10(9-18-14)8-16-12-5-6-17-13-4-2-1-3-11(12)13/h1-4,7,9,12,16H,5-6,8H2. The number of hydrogen-bond acceptors (Lipinski definition) is 3. The third kappa shape index (κ3) is 2.82. The van der Waals surface area contributed by atoms with E-state index in [1.165, 1.54) is 32.0 Å². The zero-order valence-corrected chi connectivity index (χ0v) is 13.1. The third-order valence-electron chi connectivity index (χ3n) is 3.13. The van der Waals surface area contributed by atoms with E-state index in [1.807, 2.05) is 11.8 Å². The van der Waals surface area contributed by atoms with Gasteiger partial charge in [-0.3, -0.25) is 0 Å². The molecule has 0 radical (unpaired) electrons. The number of thiophene rings is 1. The SMILES string of the molecule is Brc1cc(CNC2CCSc3ccccc32)cs1. The maximum atomic E-state index is 3.68. The molecule has 1 nitrogen and oxygen atoms in total. The number of hydrogen-bond donors (Lipinski definition) is 1. The predicted octanol–water partition coefficient (Wildman–Crippen LogP) is 4.84. The van der Waals surface area contributed by atoms with E-state index in [1.54, 1.807) is 11.3 Å². The summed E-state index contributed by atoms with van der Waals surface area (Å²) in [6, 6.07) is 11.4. The Kier molecular flexibility index (Phi) is 4.09. The summed E-state index contributed by atoms with van der Waals surface area (Å²) in [5.41, 5.74) is 2.82. The molecule has 1 aliphatic heterocycles. The Hall–Kier alpha value is -0.290. The maximum absolute atomic E-state index is 3.68. The van der Waals surface area contributed by atoms with E-state index in [2.05, 4.69) is 57.0 Å². The van der Waals surface area contributed by atoms with Crippen molar-refractivity contribution < 1.29 is 0 Å². The van der Waals surface area contributed by atoms with Gasteiger partial charge in [-0.25, -0.2) is 0 Å². The van der Waals surface area contributed by atoms with Crippen LogP contribution >= 0.6 is 39.0 Å². The molecule has 1 N–H and O–H groups in total. The van der Waals surface area contributed by atoms with Crippen LogP contribution in [0.4, 0.5) is 0 Å². The van der Waals surface area contributed by atoms with Crippen molar-refractivity contribution in [3.8, 4) is 0 Å². The fourth-order valence-corrected chi connectivity index (χ4v) is 4.57. The first kappa shape index (κ1) is 12.7. The van der Waals surface area contributed by atoms with Crippen molar-refractivity contribution >= 4 is 39.0 Å². The van der Waals surface area contributed by atoms with Gasteiger partial charge in [-0.1, -0.05) is 18.2 Å². The Morgan fingerprint density at radius 2 is 2.22 bits per heavy atom. The van der Waals surface area contributed by atoms with Crippen LogP contribution in [-0.4, -0.2) is 5.75 Å². The molecule has 2 heterocycles. The first-order valence-electron chi connectivity index (χ1n) is 6.01. The van der Waals surface area contributed by atoms with Crippen molar-refractivity contribution in [2.45, 2.75) is 23.9 Å². The third-order valence-corrected chi connectivity index (χ3v) is 5.81. The molecule has 4 heteroatoms. The number of rotatable bonds is 3. The van der Waals surface area contributed by atoms with Gasteiger partial charge in [0.2, 0.25) is 0 Å². The van der Waals surface area contributed by atoms with E-state index < -0.39 is 0 Å². The second-order valence-electron chi connectivity index (χ2n) is 4.37. The molecule has 0 saturated heterocycles. The van der Waals surface area contributed by atoms with Crippen LogP contribution < -0.4 is 5.32 Å². The molecule has 0 amide bonds. The molecule has 2 aromatic rings.